The summed E-state index contributed by atoms with van der Waals surface area (Å²) in [6.07, 6.45) is 4.86. The van der Waals surface area contributed by atoms with E-state index in [1.807, 2.05) is 20.8 Å². The first-order valence-corrected chi connectivity index (χ1v) is 12.2. The first-order chi connectivity index (χ1) is 13.5. The molecule has 1 aliphatic heterocycles. The van der Waals surface area contributed by atoms with E-state index in [2.05, 4.69) is 10.0 Å². The molecule has 0 aliphatic carbocycles. The van der Waals surface area contributed by atoms with Crippen molar-refractivity contribution < 1.29 is 17.9 Å². The molecule has 29 heavy (non-hydrogen) atoms. The maximum Gasteiger partial charge on any atom is 0.326 e. The van der Waals surface area contributed by atoms with Gasteiger partial charge in [0, 0.05) is 11.6 Å². The van der Waals surface area contributed by atoms with Crippen molar-refractivity contribution >= 4 is 27.6 Å². The quantitative estimate of drug-likeness (QED) is 0.423. The average Bonchev–Trinajstić information content (AvgIpc) is 3.08. The van der Waals surface area contributed by atoms with Gasteiger partial charge < -0.3 is 10.1 Å². The first kappa shape index (κ1) is 24.1. The summed E-state index contributed by atoms with van der Waals surface area (Å²) < 4.78 is 32.6. The van der Waals surface area contributed by atoms with Crippen molar-refractivity contribution in [3.63, 3.8) is 0 Å². The molecule has 0 radical (unpaired) electrons. The van der Waals surface area contributed by atoms with E-state index in [1.54, 1.807) is 24.3 Å². The molecule has 1 atom stereocenters. The molecular weight excluding hydrogens is 412 g/mol. The van der Waals surface area contributed by atoms with Crippen LogP contribution in [-0.4, -0.2) is 38.6 Å². The second-order valence-corrected chi connectivity index (χ2v) is 10.9. The zero-order valence-corrected chi connectivity index (χ0v) is 19.2. The van der Waals surface area contributed by atoms with Crippen LogP contribution < -0.4 is 10.0 Å². The van der Waals surface area contributed by atoms with Crippen LogP contribution in [0.15, 0.2) is 24.3 Å². The predicted octanol–water partition coefficient (Wildman–Crippen LogP) is 3.78. The Balaban J connectivity index is 1.72. The van der Waals surface area contributed by atoms with Gasteiger partial charge in [-0.2, -0.15) is 0 Å². The molecule has 0 saturated carbocycles. The van der Waals surface area contributed by atoms with Gasteiger partial charge >= 0.3 is 5.97 Å². The van der Waals surface area contributed by atoms with E-state index in [4.69, 9.17) is 16.3 Å². The Morgan fingerprint density at radius 2 is 1.90 bits per heavy atom. The number of carbonyl (C=O) groups is 1. The molecule has 0 spiro atoms. The number of carbonyl (C=O) groups excluding carboxylic acids is 1. The number of unbranched alkanes of at least 4 members (excludes halogenated alkanes) is 2. The number of esters is 1. The van der Waals surface area contributed by atoms with E-state index in [0.717, 1.165) is 38.6 Å². The van der Waals surface area contributed by atoms with Crippen LogP contribution in [0.25, 0.3) is 0 Å². The summed E-state index contributed by atoms with van der Waals surface area (Å²) in [6, 6.07) is 6.80. The van der Waals surface area contributed by atoms with Crippen LogP contribution in [0.3, 0.4) is 0 Å². The summed E-state index contributed by atoms with van der Waals surface area (Å²) in [5.41, 5.74) is -0.397. The van der Waals surface area contributed by atoms with E-state index in [9.17, 15) is 13.2 Å². The zero-order valence-electron chi connectivity index (χ0n) is 17.6. The normalized spacial score (nSPS) is 20.0. The molecule has 0 bridgehead atoms. The van der Waals surface area contributed by atoms with Crippen molar-refractivity contribution in [2.45, 2.75) is 76.2 Å². The highest BCUT2D eigenvalue weighted by Crippen LogP contribution is 2.29. The molecule has 8 heteroatoms. The fourth-order valence-corrected chi connectivity index (χ4v) is 4.79. The van der Waals surface area contributed by atoms with Crippen LogP contribution in [-0.2, 0) is 25.3 Å². The summed E-state index contributed by atoms with van der Waals surface area (Å²) in [4.78, 5) is 12.6. The second kappa shape index (κ2) is 10.2. The summed E-state index contributed by atoms with van der Waals surface area (Å²) in [5, 5.41) is 3.93. The lowest BCUT2D eigenvalue weighted by Crippen LogP contribution is -2.50. The van der Waals surface area contributed by atoms with Crippen molar-refractivity contribution in [1.82, 2.24) is 10.0 Å². The molecule has 2 rings (SSSR count). The van der Waals surface area contributed by atoms with Crippen LogP contribution in [0.4, 0.5) is 0 Å². The Bertz CT molecular complexity index is 767. The fourth-order valence-electron chi connectivity index (χ4n) is 3.48. The summed E-state index contributed by atoms with van der Waals surface area (Å²) >= 11 is 5.82. The minimum atomic E-state index is -3.38. The zero-order chi connectivity index (χ0) is 21.5. The number of nitrogens with one attached hydrogen (secondary N) is 2. The average molecular weight is 445 g/mol. The number of ether oxygens (including phenoxy) is 1. The number of benzene rings is 1. The van der Waals surface area contributed by atoms with Gasteiger partial charge in [-0.1, -0.05) is 36.6 Å². The van der Waals surface area contributed by atoms with Gasteiger partial charge in [0.2, 0.25) is 10.0 Å². The largest absolute Gasteiger partial charge is 0.459 e. The van der Waals surface area contributed by atoms with Crippen molar-refractivity contribution in [2.75, 3.05) is 13.1 Å². The Labute approximate surface area is 179 Å². The van der Waals surface area contributed by atoms with Gasteiger partial charge in [0.05, 0.1) is 5.75 Å². The molecule has 1 saturated heterocycles. The van der Waals surface area contributed by atoms with E-state index < -0.39 is 21.2 Å². The lowest BCUT2D eigenvalue weighted by Gasteiger charge is -2.31. The molecule has 2 N–H and O–H groups in total. The highest BCUT2D eigenvalue weighted by atomic mass is 35.5. The molecule has 1 aliphatic rings. The van der Waals surface area contributed by atoms with Gasteiger partial charge in [0.1, 0.15) is 11.1 Å². The van der Waals surface area contributed by atoms with Gasteiger partial charge in [-0.25, -0.2) is 13.1 Å². The molecule has 1 heterocycles. The van der Waals surface area contributed by atoms with Crippen molar-refractivity contribution in [3.05, 3.63) is 34.9 Å². The van der Waals surface area contributed by atoms with Gasteiger partial charge in [-0.05, 0) is 70.7 Å². The van der Waals surface area contributed by atoms with E-state index >= 15 is 0 Å². The van der Waals surface area contributed by atoms with E-state index in [1.165, 1.54) is 0 Å². The molecule has 0 unspecified atom stereocenters. The van der Waals surface area contributed by atoms with Crippen LogP contribution in [0.2, 0.25) is 5.02 Å². The van der Waals surface area contributed by atoms with Crippen molar-refractivity contribution in [1.29, 1.82) is 0 Å². The molecule has 1 aromatic rings. The fraction of sp³-hybridized carbons (Fsp3) is 0.667. The summed E-state index contributed by atoms with van der Waals surface area (Å²) in [5.74, 6) is -0.235. The Morgan fingerprint density at radius 3 is 2.48 bits per heavy atom. The maximum absolute atomic E-state index is 12.6. The van der Waals surface area contributed by atoms with Gasteiger partial charge in [-0.15, -0.1) is 0 Å². The topological polar surface area (TPSA) is 84.5 Å². The van der Waals surface area contributed by atoms with Crippen LogP contribution >= 0.6 is 11.6 Å². The summed E-state index contributed by atoms with van der Waals surface area (Å²) in [7, 11) is -3.38. The van der Waals surface area contributed by atoms with Gasteiger partial charge in [0.25, 0.3) is 0 Å². The van der Waals surface area contributed by atoms with Crippen molar-refractivity contribution in [2.24, 2.45) is 0 Å². The number of hydrogen-bond donors (Lipinski definition) is 2. The monoisotopic (exact) mass is 444 g/mol. The third-order valence-electron chi connectivity index (χ3n) is 4.91. The summed E-state index contributed by atoms with van der Waals surface area (Å²) in [6.45, 7) is 6.85. The lowest BCUT2D eigenvalue weighted by molar-refractivity contribution is -0.163. The van der Waals surface area contributed by atoms with E-state index in [-0.39, 0.29) is 11.7 Å². The molecule has 0 aromatic heterocycles. The maximum atomic E-state index is 12.6. The van der Waals surface area contributed by atoms with E-state index in [0.29, 0.717) is 23.6 Å². The third-order valence-corrected chi connectivity index (χ3v) is 6.51. The Hall–Kier alpha value is -1.15. The lowest BCUT2D eigenvalue weighted by atomic mass is 9.90. The molecule has 1 fully saturated rings. The SMILES string of the molecule is CC(C)(C)OC(=O)[C@]1(CCCCCNS(=O)(=O)Cc2ccc(Cl)cc2)CCCN1. The standard InChI is InChI=1S/C21H33ClN2O4S/c1-20(2,3)28-19(25)21(13-7-14-23-21)12-5-4-6-15-24-29(26,27)16-17-8-10-18(22)11-9-17/h8-11,23-24H,4-7,12-16H2,1-3H3/t21-/m0/s1. The Morgan fingerprint density at radius 1 is 1.21 bits per heavy atom. The number of rotatable bonds is 10. The molecule has 6 nitrogen and oxygen atoms in total. The van der Waals surface area contributed by atoms with Gasteiger partial charge in [0.15, 0.2) is 0 Å². The minimum Gasteiger partial charge on any atom is -0.459 e. The smallest absolute Gasteiger partial charge is 0.326 e. The molecular formula is C21H33ClN2O4S. The van der Waals surface area contributed by atoms with Gasteiger partial charge in [-0.3, -0.25) is 4.79 Å². The van der Waals surface area contributed by atoms with Crippen molar-refractivity contribution in [3.8, 4) is 0 Å². The Kier molecular flexibility index (Phi) is 8.52. The minimum absolute atomic E-state index is 0.0597. The third kappa shape index (κ3) is 8.24. The highest BCUT2D eigenvalue weighted by molar-refractivity contribution is 7.88. The van der Waals surface area contributed by atoms with Crippen LogP contribution in [0.1, 0.15) is 64.9 Å². The highest BCUT2D eigenvalue weighted by Gasteiger charge is 2.43. The number of halogens is 1. The van der Waals surface area contributed by atoms with Crippen LogP contribution in [0, 0.1) is 0 Å². The molecule has 0 amide bonds. The molecule has 1 aromatic carbocycles. The number of hydrogen-bond acceptors (Lipinski definition) is 5. The number of sulfonamides is 1. The predicted molar refractivity (Wildman–Crippen MR) is 116 cm³/mol. The second-order valence-electron chi connectivity index (χ2n) is 8.70. The first-order valence-electron chi connectivity index (χ1n) is 10.2. The van der Waals surface area contributed by atoms with Crippen LogP contribution in [0.5, 0.6) is 0 Å². The molecule has 164 valence electrons.